The Morgan fingerprint density at radius 1 is 1.00 bits per heavy atom. The van der Waals surface area contributed by atoms with E-state index in [4.69, 9.17) is 0 Å². The maximum Gasteiger partial charge on any atom is 0.0701 e. The van der Waals surface area contributed by atoms with Gasteiger partial charge in [0.25, 0.3) is 0 Å². The lowest BCUT2D eigenvalue weighted by atomic mass is 10.0. The van der Waals surface area contributed by atoms with Gasteiger partial charge in [0.2, 0.25) is 0 Å². The highest BCUT2D eigenvalue weighted by Gasteiger charge is 2.29. The van der Waals surface area contributed by atoms with Crippen molar-refractivity contribution in [2.45, 2.75) is 13.0 Å². The third-order valence-electron chi connectivity index (χ3n) is 3.72. The summed E-state index contributed by atoms with van der Waals surface area (Å²) in [7, 11) is 2.10. The molecule has 98 valence electrons. The van der Waals surface area contributed by atoms with Crippen molar-refractivity contribution in [3.8, 4) is 0 Å². The summed E-state index contributed by atoms with van der Waals surface area (Å²) in [5.41, 5.74) is 7.34. The molecule has 3 rings (SSSR count). The minimum Gasteiger partial charge on any atom is -0.293 e. The van der Waals surface area contributed by atoms with Crippen LogP contribution in [0.3, 0.4) is 0 Å². The van der Waals surface area contributed by atoms with Crippen LogP contribution in [0, 0.1) is 6.92 Å². The molecule has 0 bridgehead atoms. The number of aryl methyl sites for hydroxylation is 1. The zero-order chi connectivity index (χ0) is 13.2. The van der Waals surface area contributed by atoms with Crippen LogP contribution in [0.4, 0.5) is 5.69 Å². The fourth-order valence-corrected chi connectivity index (χ4v) is 2.64. The van der Waals surface area contributed by atoms with E-state index < -0.39 is 0 Å². The molecule has 0 amide bonds. The number of para-hydroxylation sites is 1. The summed E-state index contributed by atoms with van der Waals surface area (Å²) in [6, 6.07) is 19.4. The molecule has 1 aliphatic heterocycles. The molecular weight excluding hydrogens is 234 g/mol. The number of benzene rings is 2. The van der Waals surface area contributed by atoms with Gasteiger partial charge in [-0.15, -0.1) is 0 Å². The molecule has 0 radical (unpaired) electrons. The highest BCUT2D eigenvalue weighted by Crippen LogP contribution is 2.28. The lowest BCUT2D eigenvalue weighted by molar-refractivity contribution is 0.239. The molecule has 1 heterocycles. The molecule has 2 aromatic rings. The van der Waals surface area contributed by atoms with Crippen LogP contribution >= 0.6 is 0 Å². The normalized spacial score (nSPS) is 19.9. The fourth-order valence-electron chi connectivity index (χ4n) is 2.64. The van der Waals surface area contributed by atoms with Crippen LogP contribution in [0.2, 0.25) is 0 Å². The predicted molar refractivity (Wildman–Crippen MR) is 78.6 cm³/mol. The van der Waals surface area contributed by atoms with Gasteiger partial charge in [-0.05, 0) is 30.2 Å². The molecule has 3 heteroatoms. The second-order valence-electron chi connectivity index (χ2n) is 5.03. The minimum atomic E-state index is 0.376. The van der Waals surface area contributed by atoms with Gasteiger partial charge in [-0.1, -0.05) is 42.5 Å². The Bertz CT molecular complexity index is 553. The summed E-state index contributed by atoms with van der Waals surface area (Å²) in [5.74, 6) is 0. The Morgan fingerprint density at radius 2 is 1.68 bits per heavy atom. The SMILES string of the molecule is Cc1ccccc1C1CN(c2ccccc2)NN1C. The first kappa shape index (κ1) is 12.2. The first-order valence-electron chi connectivity index (χ1n) is 6.63. The van der Waals surface area contributed by atoms with Gasteiger partial charge in [0, 0.05) is 7.05 Å². The largest absolute Gasteiger partial charge is 0.293 e. The fraction of sp³-hybridized carbons (Fsp3) is 0.250. The zero-order valence-electron chi connectivity index (χ0n) is 11.4. The van der Waals surface area contributed by atoms with Crippen LogP contribution in [0.5, 0.6) is 0 Å². The van der Waals surface area contributed by atoms with E-state index in [-0.39, 0.29) is 0 Å². The average Bonchev–Trinajstić information content (AvgIpc) is 2.82. The van der Waals surface area contributed by atoms with Crippen molar-refractivity contribution in [3.05, 3.63) is 65.7 Å². The van der Waals surface area contributed by atoms with Crippen molar-refractivity contribution in [1.82, 2.24) is 10.5 Å². The summed E-state index contributed by atoms with van der Waals surface area (Å²) in [4.78, 5) is 0. The molecule has 3 nitrogen and oxygen atoms in total. The molecular formula is C16H19N3. The molecule has 1 N–H and O–H groups in total. The van der Waals surface area contributed by atoms with E-state index in [0.717, 1.165) is 6.54 Å². The second-order valence-corrected chi connectivity index (χ2v) is 5.03. The molecule has 0 spiro atoms. The molecule has 19 heavy (non-hydrogen) atoms. The Morgan fingerprint density at radius 3 is 2.42 bits per heavy atom. The van der Waals surface area contributed by atoms with Gasteiger partial charge in [-0.25, -0.2) is 5.01 Å². The number of hydrogen-bond donors (Lipinski definition) is 1. The highest BCUT2D eigenvalue weighted by atomic mass is 15.8. The molecule has 1 atom stereocenters. The van der Waals surface area contributed by atoms with Crippen molar-refractivity contribution in [1.29, 1.82) is 0 Å². The first-order valence-corrected chi connectivity index (χ1v) is 6.63. The molecule has 1 unspecified atom stereocenters. The molecule has 1 fully saturated rings. The average molecular weight is 253 g/mol. The van der Waals surface area contributed by atoms with Crippen molar-refractivity contribution in [2.24, 2.45) is 0 Å². The summed E-state index contributed by atoms with van der Waals surface area (Å²) < 4.78 is 0. The van der Waals surface area contributed by atoms with E-state index in [0.29, 0.717) is 6.04 Å². The topological polar surface area (TPSA) is 18.5 Å². The van der Waals surface area contributed by atoms with Crippen LogP contribution in [0.1, 0.15) is 17.2 Å². The summed E-state index contributed by atoms with van der Waals surface area (Å²) >= 11 is 0. The van der Waals surface area contributed by atoms with E-state index >= 15 is 0 Å². The Balaban J connectivity index is 1.85. The molecule has 1 saturated heterocycles. The quantitative estimate of drug-likeness (QED) is 0.888. The van der Waals surface area contributed by atoms with Crippen LogP contribution in [0.15, 0.2) is 54.6 Å². The maximum absolute atomic E-state index is 3.41. The van der Waals surface area contributed by atoms with Crippen LogP contribution in [-0.2, 0) is 0 Å². The molecule has 0 saturated carbocycles. The number of anilines is 1. The standard InChI is InChI=1S/C16H19N3/c1-13-8-6-7-11-15(13)16-12-19(17-18(16)2)14-9-4-3-5-10-14/h3-11,16-17H,12H2,1-2H3. The van der Waals surface area contributed by atoms with Gasteiger partial charge in [0.05, 0.1) is 18.3 Å². The first-order chi connectivity index (χ1) is 9.25. The van der Waals surface area contributed by atoms with Crippen LogP contribution in [0.25, 0.3) is 0 Å². The molecule has 0 aliphatic carbocycles. The van der Waals surface area contributed by atoms with E-state index in [9.17, 15) is 0 Å². The van der Waals surface area contributed by atoms with Gasteiger partial charge in [-0.3, -0.25) is 5.01 Å². The van der Waals surface area contributed by atoms with E-state index in [1.807, 2.05) is 6.07 Å². The van der Waals surface area contributed by atoms with Crippen molar-refractivity contribution < 1.29 is 0 Å². The van der Waals surface area contributed by atoms with Gasteiger partial charge in [-0.2, -0.15) is 5.53 Å². The number of rotatable bonds is 2. The monoisotopic (exact) mass is 253 g/mol. The Hall–Kier alpha value is -1.84. The van der Waals surface area contributed by atoms with Gasteiger partial charge < -0.3 is 0 Å². The van der Waals surface area contributed by atoms with E-state index in [1.165, 1.54) is 16.8 Å². The third-order valence-corrected chi connectivity index (χ3v) is 3.72. The van der Waals surface area contributed by atoms with E-state index in [2.05, 4.69) is 78.1 Å². The lowest BCUT2D eigenvalue weighted by Gasteiger charge is -2.19. The lowest BCUT2D eigenvalue weighted by Crippen LogP contribution is -2.37. The van der Waals surface area contributed by atoms with Crippen LogP contribution in [-0.4, -0.2) is 18.6 Å². The Kier molecular flexibility index (Phi) is 3.23. The zero-order valence-corrected chi connectivity index (χ0v) is 11.4. The summed E-state index contributed by atoms with van der Waals surface area (Å²) in [5, 5.41) is 4.37. The molecule has 0 aromatic heterocycles. The number of likely N-dealkylation sites (N-methyl/N-ethyl adjacent to an activating group) is 1. The molecule has 1 aliphatic rings. The maximum atomic E-state index is 3.41. The Labute approximate surface area is 114 Å². The second kappa shape index (κ2) is 5.03. The van der Waals surface area contributed by atoms with E-state index in [1.54, 1.807) is 0 Å². The summed E-state index contributed by atoms with van der Waals surface area (Å²) in [6.45, 7) is 3.12. The number of hydrogen-bond acceptors (Lipinski definition) is 3. The summed E-state index contributed by atoms with van der Waals surface area (Å²) in [6.07, 6.45) is 0. The highest BCUT2D eigenvalue weighted by molar-refractivity contribution is 5.46. The van der Waals surface area contributed by atoms with Gasteiger partial charge in [0.1, 0.15) is 0 Å². The van der Waals surface area contributed by atoms with Crippen molar-refractivity contribution in [2.75, 3.05) is 18.6 Å². The van der Waals surface area contributed by atoms with Gasteiger partial charge >= 0.3 is 0 Å². The molecule has 2 aromatic carbocycles. The minimum absolute atomic E-state index is 0.376. The predicted octanol–water partition coefficient (Wildman–Crippen LogP) is 2.91. The number of nitrogens with one attached hydrogen (secondary N) is 1. The number of nitrogens with zero attached hydrogens (tertiary/aromatic N) is 2. The van der Waals surface area contributed by atoms with Crippen molar-refractivity contribution in [3.63, 3.8) is 0 Å². The third kappa shape index (κ3) is 2.35. The smallest absolute Gasteiger partial charge is 0.0701 e. The van der Waals surface area contributed by atoms with Crippen molar-refractivity contribution >= 4 is 5.69 Å². The van der Waals surface area contributed by atoms with Crippen LogP contribution < -0.4 is 10.5 Å². The van der Waals surface area contributed by atoms with Gasteiger partial charge in [0.15, 0.2) is 0 Å². The number of hydrazine groups is 2.